The third-order valence-electron chi connectivity index (χ3n) is 7.83. The zero-order valence-corrected chi connectivity index (χ0v) is 23.7. The number of carbonyl (C=O) groups excluding carboxylic acids is 2. The van der Waals surface area contributed by atoms with Gasteiger partial charge in [0.1, 0.15) is 18.8 Å². The number of nitrogens with two attached hydrogens (primary N) is 1. The number of aliphatic hydroxyl groups excluding tert-OH is 3. The lowest BCUT2D eigenvalue weighted by molar-refractivity contribution is -0.911. The molecule has 0 radical (unpaired) electrons. The van der Waals surface area contributed by atoms with Gasteiger partial charge in [-0.15, -0.1) is 6.58 Å². The Morgan fingerprint density at radius 1 is 1.26 bits per heavy atom. The predicted molar refractivity (Wildman–Crippen MR) is 138 cm³/mol. The van der Waals surface area contributed by atoms with E-state index in [4.69, 9.17) is 23.7 Å². The van der Waals surface area contributed by atoms with Crippen LogP contribution < -0.4 is 15.3 Å². The van der Waals surface area contributed by atoms with Crippen molar-refractivity contribution in [1.82, 2.24) is 0 Å². The van der Waals surface area contributed by atoms with E-state index in [1.807, 2.05) is 0 Å². The van der Waals surface area contributed by atoms with Gasteiger partial charge in [0.15, 0.2) is 19.1 Å². The van der Waals surface area contributed by atoms with Crippen LogP contribution in [0.15, 0.2) is 36.6 Å². The van der Waals surface area contributed by atoms with Crippen LogP contribution >= 0.6 is 0 Å². The van der Waals surface area contributed by atoms with E-state index >= 15 is 0 Å². The maximum Gasteiger partial charge on any atom is 0.337 e. The number of methoxy groups -OCH3 is 1. The Kier molecular flexibility index (Phi) is 12.4. The fourth-order valence-electron chi connectivity index (χ4n) is 5.64. The van der Waals surface area contributed by atoms with Gasteiger partial charge in [-0.25, -0.2) is 4.79 Å². The summed E-state index contributed by atoms with van der Waals surface area (Å²) in [5.41, 5.74) is 0.130. The Morgan fingerprint density at radius 2 is 2.00 bits per heavy atom. The highest BCUT2D eigenvalue weighted by molar-refractivity contribution is 5.89. The lowest BCUT2D eigenvalue weighted by Gasteiger charge is -2.47. The molecule has 0 aromatic carbocycles. The quantitative estimate of drug-likeness (QED) is 0.0592. The number of rotatable bonds is 13. The number of carboxylic acid groups (broad SMARTS) is 1. The van der Waals surface area contributed by atoms with Crippen LogP contribution in [0, 0.1) is 23.7 Å². The second kappa shape index (κ2) is 15.3. The molecule has 3 heterocycles. The number of carbonyl (C=O) groups is 2. The molecule has 15 heteroatoms. The highest BCUT2D eigenvalue weighted by Crippen LogP contribution is 2.38. The van der Waals surface area contributed by atoms with E-state index in [1.165, 1.54) is 13.2 Å². The van der Waals surface area contributed by atoms with Gasteiger partial charge in [-0.1, -0.05) is 18.2 Å². The number of aliphatic carboxylic acids is 1. The number of aliphatic hydroxyl groups is 5. The minimum absolute atomic E-state index is 0.0506. The molecule has 3 aliphatic heterocycles. The zero-order chi connectivity index (χ0) is 31.0. The molecule has 0 aromatic heterocycles. The van der Waals surface area contributed by atoms with E-state index in [9.17, 15) is 40.2 Å². The lowest BCUT2D eigenvalue weighted by atomic mass is 9.81. The summed E-state index contributed by atoms with van der Waals surface area (Å²) in [5.74, 6) is -7.12. The third-order valence-corrected chi connectivity index (χ3v) is 7.83. The monoisotopic (exact) mass is 603 g/mol. The van der Waals surface area contributed by atoms with E-state index in [1.54, 1.807) is 24.5 Å². The number of hydrogen-bond acceptors (Lipinski definition) is 13. The lowest BCUT2D eigenvalue weighted by Crippen LogP contribution is -3.15. The van der Waals surface area contributed by atoms with E-state index in [0.29, 0.717) is 26.1 Å². The maximum atomic E-state index is 12.7. The van der Waals surface area contributed by atoms with Crippen LogP contribution in [0.4, 0.5) is 0 Å². The van der Waals surface area contributed by atoms with Crippen molar-refractivity contribution in [2.45, 2.75) is 43.1 Å². The first-order valence-electron chi connectivity index (χ1n) is 13.9. The largest absolute Gasteiger partial charge is 0.550 e. The molecule has 3 rings (SSSR count). The first-order valence-corrected chi connectivity index (χ1v) is 13.9. The van der Waals surface area contributed by atoms with Gasteiger partial charge in [0.25, 0.3) is 0 Å². The standard InChI is InChI=1S/C27H42N2O13/c1-4-17-18(6-5-15-9-16(23(33)34)11-29(10-15)7-8-30)19(24(35)38-3)13-39-25(17)42-26-22(40-14-28-2)27(36,37)21(32)20(12-31)41-26/h4-6,13,15-18,20-22,25-26,28,30-32,36-37H,1,7-12,14H2,2-3H3,(H,33,34)/p+1/t15?,16?,17-,18+,20-,21-,22-,25-,26+/m1/s1. The molecule has 0 saturated carbocycles. The highest BCUT2D eigenvalue weighted by atomic mass is 16.8. The van der Waals surface area contributed by atoms with Crippen molar-refractivity contribution in [1.29, 1.82) is 0 Å². The van der Waals surface area contributed by atoms with E-state index in [2.05, 4.69) is 6.58 Å². The van der Waals surface area contributed by atoms with Crippen molar-refractivity contribution in [3.63, 3.8) is 0 Å². The molecule has 2 fully saturated rings. The van der Waals surface area contributed by atoms with Crippen LogP contribution in [0.25, 0.3) is 0 Å². The second-order valence-corrected chi connectivity index (χ2v) is 10.7. The number of quaternary nitrogens is 2. The summed E-state index contributed by atoms with van der Waals surface area (Å²) in [5, 5.41) is 64.0. The number of nitrogens with one attached hydrogen (secondary N) is 1. The molecule has 0 spiro atoms. The number of piperidine rings is 1. The zero-order valence-electron chi connectivity index (χ0n) is 23.7. The Balaban J connectivity index is 1.90. The summed E-state index contributed by atoms with van der Waals surface area (Å²) in [6.45, 7) is 4.23. The Hall–Kier alpha value is -2.44. The minimum Gasteiger partial charge on any atom is -0.550 e. The minimum atomic E-state index is -2.86. The summed E-state index contributed by atoms with van der Waals surface area (Å²) in [6, 6.07) is 0. The van der Waals surface area contributed by atoms with Crippen LogP contribution in [0.1, 0.15) is 6.42 Å². The molecule has 0 amide bonds. The maximum absolute atomic E-state index is 12.7. The molecule has 0 bridgehead atoms. The van der Waals surface area contributed by atoms with Crippen molar-refractivity contribution >= 4 is 11.9 Å². The molecule has 2 saturated heterocycles. The van der Waals surface area contributed by atoms with E-state index in [-0.39, 0.29) is 24.8 Å². The van der Waals surface area contributed by atoms with Gasteiger partial charge in [-0.3, -0.25) is 0 Å². The van der Waals surface area contributed by atoms with E-state index in [0.717, 1.165) is 11.2 Å². The van der Waals surface area contributed by atoms with Crippen molar-refractivity contribution < 1.29 is 74.1 Å². The van der Waals surface area contributed by atoms with Gasteiger partial charge in [0.2, 0.25) is 12.1 Å². The summed E-state index contributed by atoms with van der Waals surface area (Å²) in [6.07, 6.45) is -1.24. The van der Waals surface area contributed by atoms with Crippen molar-refractivity contribution in [3.05, 3.63) is 36.6 Å². The Bertz CT molecular complexity index is 989. The molecule has 42 heavy (non-hydrogen) atoms. The summed E-state index contributed by atoms with van der Waals surface area (Å²) in [4.78, 5) is 25.2. The van der Waals surface area contributed by atoms with Gasteiger partial charge in [0.05, 0.1) is 64.2 Å². The van der Waals surface area contributed by atoms with Crippen molar-refractivity contribution in [2.24, 2.45) is 23.7 Å². The van der Waals surface area contributed by atoms with Crippen LogP contribution in [-0.2, 0) is 33.3 Å². The fourth-order valence-corrected chi connectivity index (χ4v) is 5.64. The molecule has 3 aliphatic rings. The SMILES string of the molecule is C=C[C@H]1[C@@H](O[C@@H]2O[C@H](CO)[C@@H](O)C(O)(O)[C@@H]2OC[NH2+]C)OC=C(C(=O)OC)[C@H]1C=CC1CC(C(=O)[O-])C[NH+](CCO)C1. The molecule has 10 atom stereocenters. The van der Waals surface area contributed by atoms with Crippen LogP contribution in [0.3, 0.4) is 0 Å². The summed E-state index contributed by atoms with van der Waals surface area (Å²) in [7, 11) is 2.88. The molecule has 238 valence electrons. The molecule has 15 nitrogen and oxygen atoms in total. The van der Waals surface area contributed by atoms with Crippen LogP contribution in [0.5, 0.6) is 0 Å². The molecule has 3 unspecified atom stereocenters. The normalized spacial score (nSPS) is 36.6. The van der Waals surface area contributed by atoms with Gasteiger partial charge >= 0.3 is 5.97 Å². The topological polar surface area (TPSA) is 226 Å². The molecule has 0 aliphatic carbocycles. The van der Waals surface area contributed by atoms with Crippen LogP contribution in [-0.4, -0.2) is 128 Å². The summed E-state index contributed by atoms with van der Waals surface area (Å²) < 4.78 is 27.8. The average molecular weight is 604 g/mol. The van der Waals surface area contributed by atoms with Gasteiger partial charge in [-0.2, -0.15) is 0 Å². The van der Waals surface area contributed by atoms with Gasteiger partial charge in [0, 0.05) is 17.8 Å². The first kappa shape index (κ1) is 34.1. The third kappa shape index (κ3) is 7.74. The molecule has 8 N–H and O–H groups in total. The van der Waals surface area contributed by atoms with Crippen LogP contribution in [0.2, 0.25) is 0 Å². The fraction of sp³-hybridized carbons (Fsp3) is 0.704. The smallest absolute Gasteiger partial charge is 0.337 e. The number of allylic oxidation sites excluding steroid dienone is 1. The summed E-state index contributed by atoms with van der Waals surface area (Å²) >= 11 is 0. The number of likely N-dealkylation sites (tertiary alicyclic amines) is 1. The molecule has 0 aromatic rings. The average Bonchev–Trinajstić information content (AvgIpc) is 2.97. The van der Waals surface area contributed by atoms with Crippen molar-refractivity contribution in [2.75, 3.05) is 53.7 Å². The van der Waals surface area contributed by atoms with Gasteiger partial charge in [-0.05, 0) is 6.42 Å². The first-order chi connectivity index (χ1) is 20.0. The Morgan fingerprint density at radius 3 is 2.60 bits per heavy atom. The molecular weight excluding hydrogens is 560 g/mol. The highest BCUT2D eigenvalue weighted by Gasteiger charge is 2.57. The number of esters is 1. The second-order valence-electron chi connectivity index (χ2n) is 10.7. The Labute approximate surface area is 243 Å². The number of hydrogen-bond donors (Lipinski definition) is 7. The number of ether oxygens (including phenoxy) is 5. The molecular formula is C27H43N2O13+. The van der Waals surface area contributed by atoms with Gasteiger partial charge < -0.3 is 69.3 Å². The van der Waals surface area contributed by atoms with E-state index < -0.39 is 73.0 Å². The van der Waals surface area contributed by atoms with Crippen molar-refractivity contribution in [3.8, 4) is 0 Å². The number of carboxylic acids is 1. The predicted octanol–water partition coefficient (Wildman–Crippen LogP) is -6.05.